The number of hydrogen-bond acceptors (Lipinski definition) is 0. The predicted molar refractivity (Wildman–Crippen MR) is 113 cm³/mol. The van der Waals surface area contributed by atoms with Gasteiger partial charge in [0, 0.05) is 6.42 Å². The Labute approximate surface area is 157 Å². The Morgan fingerprint density at radius 2 is 1.54 bits per heavy atom. The normalized spacial score (nSPS) is 12.8. The minimum absolute atomic E-state index is 1.17. The Morgan fingerprint density at radius 1 is 0.769 bits per heavy atom. The molecule has 0 unspecified atom stereocenters. The van der Waals surface area contributed by atoms with Crippen LogP contribution >= 0.6 is 0 Å². The zero-order valence-corrected chi connectivity index (χ0v) is 15.6. The van der Waals surface area contributed by atoms with Crippen molar-refractivity contribution in [3.05, 3.63) is 95.4 Å². The molecule has 26 heavy (non-hydrogen) atoms. The number of allylic oxidation sites excluding steroid dienone is 1. The number of benzene rings is 3. The van der Waals surface area contributed by atoms with Crippen molar-refractivity contribution < 1.29 is 0 Å². The summed E-state index contributed by atoms with van der Waals surface area (Å²) in [4.78, 5) is 0. The van der Waals surface area contributed by atoms with Gasteiger partial charge < -0.3 is 0 Å². The van der Waals surface area contributed by atoms with Crippen molar-refractivity contribution >= 4 is 6.08 Å². The van der Waals surface area contributed by atoms with Crippen LogP contribution in [0.1, 0.15) is 42.9 Å². The highest BCUT2D eigenvalue weighted by atomic mass is 14.2. The Hall–Kier alpha value is -2.60. The van der Waals surface area contributed by atoms with Crippen LogP contribution in [0.3, 0.4) is 0 Å². The lowest BCUT2D eigenvalue weighted by Gasteiger charge is -2.17. The molecule has 0 heterocycles. The third kappa shape index (κ3) is 3.12. The van der Waals surface area contributed by atoms with E-state index in [0.29, 0.717) is 0 Å². The molecule has 0 N–H and O–H groups in total. The van der Waals surface area contributed by atoms with Gasteiger partial charge in [-0.15, -0.1) is 0 Å². The van der Waals surface area contributed by atoms with Crippen LogP contribution in [0, 0.1) is 13.3 Å². The number of fused-ring (bicyclic) bond motifs is 1. The van der Waals surface area contributed by atoms with Crippen molar-refractivity contribution in [3.8, 4) is 22.3 Å². The molecule has 0 saturated heterocycles. The summed E-state index contributed by atoms with van der Waals surface area (Å²) >= 11 is 0. The second kappa shape index (κ2) is 7.33. The van der Waals surface area contributed by atoms with Crippen LogP contribution in [-0.2, 0) is 0 Å². The molecule has 1 radical (unpaired) electrons. The first-order chi connectivity index (χ1) is 12.8. The van der Waals surface area contributed by atoms with E-state index in [1.807, 2.05) is 0 Å². The molecule has 3 aromatic rings. The van der Waals surface area contributed by atoms with Crippen LogP contribution in [-0.4, -0.2) is 0 Å². The van der Waals surface area contributed by atoms with Crippen molar-refractivity contribution in [2.45, 2.75) is 33.1 Å². The van der Waals surface area contributed by atoms with Gasteiger partial charge in [-0.3, -0.25) is 0 Å². The summed E-state index contributed by atoms with van der Waals surface area (Å²) in [6.45, 7) is 4.47. The maximum atomic E-state index is 2.42. The van der Waals surface area contributed by atoms with Gasteiger partial charge in [-0.05, 0) is 58.7 Å². The molecule has 129 valence electrons. The summed E-state index contributed by atoms with van der Waals surface area (Å²) < 4.78 is 0. The molecule has 0 saturated carbocycles. The van der Waals surface area contributed by atoms with Crippen LogP contribution in [0.2, 0.25) is 0 Å². The molecule has 0 nitrogen and oxygen atoms in total. The lowest BCUT2D eigenvalue weighted by molar-refractivity contribution is 0.797. The highest BCUT2D eigenvalue weighted by Crippen LogP contribution is 2.43. The van der Waals surface area contributed by atoms with E-state index in [9.17, 15) is 0 Å². The fraction of sp³-hybridized carbons (Fsp3) is 0.192. The Balaban J connectivity index is 1.93. The Morgan fingerprint density at radius 3 is 2.31 bits per heavy atom. The predicted octanol–water partition coefficient (Wildman–Crippen LogP) is 7.47. The minimum Gasteiger partial charge on any atom is -0.0654 e. The van der Waals surface area contributed by atoms with Crippen molar-refractivity contribution in [1.29, 1.82) is 0 Å². The summed E-state index contributed by atoms with van der Waals surface area (Å²) in [5, 5.41) is 0. The lowest BCUT2D eigenvalue weighted by Crippen LogP contribution is -1.93. The second-order valence-electron chi connectivity index (χ2n) is 7.14. The van der Waals surface area contributed by atoms with Gasteiger partial charge in [-0.1, -0.05) is 91.7 Å². The first kappa shape index (κ1) is 16.8. The van der Waals surface area contributed by atoms with Crippen molar-refractivity contribution in [2.24, 2.45) is 0 Å². The van der Waals surface area contributed by atoms with E-state index < -0.39 is 0 Å². The van der Waals surface area contributed by atoms with Gasteiger partial charge in [0.1, 0.15) is 0 Å². The van der Waals surface area contributed by atoms with E-state index in [-0.39, 0.29) is 0 Å². The molecule has 4 rings (SSSR count). The first-order valence-corrected chi connectivity index (χ1v) is 9.61. The minimum atomic E-state index is 1.17. The summed E-state index contributed by atoms with van der Waals surface area (Å²) in [6, 6.07) is 24.1. The number of unbranched alkanes of at least 4 members (excludes halogenated alkanes) is 1. The van der Waals surface area contributed by atoms with Gasteiger partial charge in [0.15, 0.2) is 0 Å². The molecule has 1 aliphatic carbocycles. The largest absolute Gasteiger partial charge is 0.0654 e. The molecule has 0 spiro atoms. The van der Waals surface area contributed by atoms with Crippen LogP contribution < -0.4 is 0 Å². The van der Waals surface area contributed by atoms with Crippen molar-refractivity contribution in [3.63, 3.8) is 0 Å². The van der Waals surface area contributed by atoms with Gasteiger partial charge in [0.05, 0.1) is 0 Å². The topological polar surface area (TPSA) is 0 Å². The van der Waals surface area contributed by atoms with Crippen molar-refractivity contribution in [1.82, 2.24) is 0 Å². The number of rotatable bonds is 5. The first-order valence-electron chi connectivity index (χ1n) is 9.61. The summed E-state index contributed by atoms with van der Waals surface area (Å²) in [5.41, 5.74) is 10.8. The molecule has 0 aliphatic heterocycles. The summed E-state index contributed by atoms with van der Waals surface area (Å²) in [6.07, 6.45) is 8.45. The second-order valence-corrected chi connectivity index (χ2v) is 7.14. The van der Waals surface area contributed by atoms with E-state index in [1.165, 1.54) is 63.8 Å². The van der Waals surface area contributed by atoms with Gasteiger partial charge >= 0.3 is 0 Å². The fourth-order valence-corrected chi connectivity index (χ4v) is 3.87. The van der Waals surface area contributed by atoms with Gasteiger partial charge in [0.25, 0.3) is 0 Å². The highest BCUT2D eigenvalue weighted by molar-refractivity contribution is 5.94. The molecule has 3 aromatic carbocycles. The van der Waals surface area contributed by atoms with Crippen LogP contribution in [0.25, 0.3) is 28.3 Å². The average Bonchev–Trinajstić information content (AvgIpc) is 3.10. The third-order valence-corrected chi connectivity index (χ3v) is 5.27. The van der Waals surface area contributed by atoms with E-state index in [2.05, 4.69) is 93.1 Å². The molecule has 0 amide bonds. The van der Waals surface area contributed by atoms with Gasteiger partial charge in [-0.25, -0.2) is 0 Å². The molecule has 0 bridgehead atoms. The van der Waals surface area contributed by atoms with Crippen LogP contribution in [0.4, 0.5) is 0 Å². The molecule has 0 aromatic heterocycles. The zero-order chi connectivity index (χ0) is 17.9. The van der Waals surface area contributed by atoms with E-state index >= 15 is 0 Å². The molecular formula is C26H25. The summed E-state index contributed by atoms with van der Waals surface area (Å²) in [7, 11) is 0. The molecule has 0 heteroatoms. The third-order valence-electron chi connectivity index (χ3n) is 5.27. The van der Waals surface area contributed by atoms with Gasteiger partial charge in [-0.2, -0.15) is 0 Å². The molecule has 1 aliphatic rings. The maximum Gasteiger partial charge on any atom is 0.0164 e. The highest BCUT2D eigenvalue weighted by Gasteiger charge is 2.21. The van der Waals surface area contributed by atoms with E-state index in [1.54, 1.807) is 0 Å². The monoisotopic (exact) mass is 337 g/mol. The Kier molecular flexibility index (Phi) is 4.75. The maximum absolute atomic E-state index is 2.42. The van der Waals surface area contributed by atoms with Crippen LogP contribution in [0.15, 0.2) is 72.3 Å². The number of hydrogen-bond donors (Lipinski definition) is 0. The lowest BCUT2D eigenvalue weighted by atomic mass is 9.87. The summed E-state index contributed by atoms with van der Waals surface area (Å²) in [5.74, 6) is 0. The van der Waals surface area contributed by atoms with Crippen LogP contribution in [0.5, 0.6) is 0 Å². The molecular weight excluding hydrogens is 312 g/mol. The smallest absolute Gasteiger partial charge is 0.0164 e. The van der Waals surface area contributed by atoms with Gasteiger partial charge in [0.2, 0.25) is 0 Å². The Bertz CT molecular complexity index is 945. The fourth-order valence-electron chi connectivity index (χ4n) is 3.87. The molecule has 0 atom stereocenters. The zero-order valence-electron chi connectivity index (χ0n) is 15.6. The molecule has 0 fully saturated rings. The van der Waals surface area contributed by atoms with Crippen molar-refractivity contribution in [2.75, 3.05) is 0 Å². The quantitative estimate of drug-likeness (QED) is 0.453. The SMILES string of the molecule is CCCCC1=Cc2c(ccc(-c3ccccc3)c2-c2ccccc2C)[CH]1. The van der Waals surface area contributed by atoms with E-state index in [0.717, 1.165) is 0 Å². The van der Waals surface area contributed by atoms with E-state index in [4.69, 9.17) is 0 Å². The number of aryl methyl sites for hydroxylation is 1. The average molecular weight is 337 g/mol. The standard InChI is InChI=1S/C26H25/c1-3-4-11-20-17-22-15-16-24(21-12-6-5-7-13-21)26(25(22)18-20)23-14-9-8-10-19(23)2/h5-10,12-18H,3-4,11H2,1-2H3.